The molecule has 0 radical (unpaired) electrons. The molecule has 23 heavy (non-hydrogen) atoms. The second-order valence-corrected chi connectivity index (χ2v) is 6.48. The number of benzene rings is 1. The van der Waals surface area contributed by atoms with Crippen molar-refractivity contribution in [1.29, 1.82) is 0 Å². The number of hydrogen-bond acceptors (Lipinski definition) is 3. The number of aliphatic imine (C=N–C) groups is 1. The summed E-state index contributed by atoms with van der Waals surface area (Å²) in [5.41, 5.74) is 4.07. The number of aryl methyl sites for hydroxylation is 1. The summed E-state index contributed by atoms with van der Waals surface area (Å²) in [4.78, 5) is 12.8. The van der Waals surface area contributed by atoms with E-state index in [1.54, 1.807) is 11.3 Å². The summed E-state index contributed by atoms with van der Waals surface area (Å²) in [6.45, 7) is 4.91. The van der Waals surface area contributed by atoms with Crippen LogP contribution in [-0.4, -0.2) is 28.9 Å². The first kappa shape index (κ1) is 18.2. The molecule has 0 amide bonds. The molecule has 4 nitrogen and oxygen atoms in total. The van der Waals surface area contributed by atoms with Crippen molar-refractivity contribution < 1.29 is 0 Å². The molecular weight excluding hydrogens is 419 g/mol. The molecule has 6 heteroatoms. The maximum Gasteiger partial charge on any atom is 0.198 e. The molecule has 1 N–H and O–H groups in total. The van der Waals surface area contributed by atoms with Crippen LogP contribution in [0.25, 0.3) is 0 Å². The fourth-order valence-corrected chi connectivity index (χ4v) is 3.30. The lowest BCUT2D eigenvalue weighted by molar-refractivity contribution is 0.340. The van der Waals surface area contributed by atoms with E-state index in [0.29, 0.717) is 6.54 Å². The molecule has 1 aliphatic heterocycles. The third-order valence-electron chi connectivity index (χ3n) is 3.90. The van der Waals surface area contributed by atoms with Gasteiger partial charge in [0.25, 0.3) is 0 Å². The van der Waals surface area contributed by atoms with Crippen molar-refractivity contribution in [3.05, 3.63) is 46.4 Å². The van der Waals surface area contributed by atoms with Crippen molar-refractivity contribution in [2.75, 3.05) is 18.4 Å². The maximum absolute atomic E-state index is 4.85. The topological polar surface area (TPSA) is 40.5 Å². The van der Waals surface area contributed by atoms with Crippen LogP contribution in [0.2, 0.25) is 0 Å². The van der Waals surface area contributed by atoms with Gasteiger partial charge in [0.15, 0.2) is 5.96 Å². The first-order valence-electron chi connectivity index (χ1n) is 7.83. The minimum atomic E-state index is 0. The Kier molecular flexibility index (Phi) is 7.29. The van der Waals surface area contributed by atoms with Gasteiger partial charge in [-0.15, -0.1) is 35.3 Å². The molecule has 2 heterocycles. The second kappa shape index (κ2) is 9.22. The molecular formula is C17H23IN4S. The summed E-state index contributed by atoms with van der Waals surface area (Å²) in [6.07, 6.45) is 3.81. The molecule has 1 aliphatic rings. The van der Waals surface area contributed by atoms with Gasteiger partial charge in [-0.25, -0.2) is 9.98 Å². The first-order valence-corrected chi connectivity index (χ1v) is 8.71. The highest BCUT2D eigenvalue weighted by Crippen LogP contribution is 2.16. The fourth-order valence-electron chi connectivity index (χ4n) is 2.60. The molecule has 124 valence electrons. The van der Waals surface area contributed by atoms with Crippen LogP contribution in [0.15, 0.2) is 40.8 Å². The van der Waals surface area contributed by atoms with E-state index >= 15 is 0 Å². The molecule has 0 spiro atoms. The number of halogens is 1. The molecule has 0 saturated carbocycles. The van der Waals surface area contributed by atoms with Gasteiger partial charge in [-0.3, -0.25) is 0 Å². The van der Waals surface area contributed by atoms with Crippen molar-refractivity contribution in [2.24, 2.45) is 4.99 Å². The van der Waals surface area contributed by atoms with Crippen LogP contribution >= 0.6 is 35.3 Å². The average Bonchev–Trinajstić information content (AvgIpc) is 2.98. The molecule has 0 aliphatic carbocycles. The monoisotopic (exact) mass is 442 g/mol. The van der Waals surface area contributed by atoms with Crippen molar-refractivity contribution >= 4 is 47.0 Å². The van der Waals surface area contributed by atoms with Gasteiger partial charge < -0.3 is 10.2 Å². The summed E-state index contributed by atoms with van der Waals surface area (Å²) in [5.74, 6) is 0.985. The molecule has 1 fully saturated rings. The first-order chi connectivity index (χ1) is 10.8. The zero-order valence-electron chi connectivity index (χ0n) is 13.4. The molecule has 2 aromatic rings. The highest BCUT2D eigenvalue weighted by molar-refractivity contribution is 14.0. The summed E-state index contributed by atoms with van der Waals surface area (Å²) in [7, 11) is 0. The quantitative estimate of drug-likeness (QED) is 0.432. The number of guanidine groups is 1. The normalized spacial score (nSPS) is 15.2. The van der Waals surface area contributed by atoms with E-state index in [1.807, 2.05) is 30.6 Å². The molecule has 1 saturated heterocycles. The van der Waals surface area contributed by atoms with E-state index in [2.05, 4.69) is 27.3 Å². The number of nitrogens with zero attached hydrogens (tertiary/aromatic N) is 3. The Hall–Kier alpha value is -1.15. The van der Waals surface area contributed by atoms with Gasteiger partial charge in [0.1, 0.15) is 0 Å². The van der Waals surface area contributed by atoms with Crippen LogP contribution in [0.1, 0.15) is 29.8 Å². The lowest BCUT2D eigenvalue weighted by Crippen LogP contribution is -2.40. The number of likely N-dealkylation sites (tertiary alicyclic amines) is 1. The van der Waals surface area contributed by atoms with Crippen LogP contribution < -0.4 is 5.32 Å². The Morgan fingerprint density at radius 2 is 1.96 bits per heavy atom. The third kappa shape index (κ3) is 5.17. The number of nitrogens with one attached hydrogen (secondary N) is 1. The largest absolute Gasteiger partial charge is 0.343 e. The van der Waals surface area contributed by atoms with Crippen LogP contribution in [-0.2, 0) is 6.54 Å². The lowest BCUT2D eigenvalue weighted by atomic mass is 10.1. The molecule has 3 rings (SSSR count). The minimum absolute atomic E-state index is 0. The van der Waals surface area contributed by atoms with Gasteiger partial charge in [-0.1, -0.05) is 18.2 Å². The predicted octanol–water partition coefficient (Wildman–Crippen LogP) is 4.52. The molecule has 0 unspecified atom stereocenters. The second-order valence-electron chi connectivity index (χ2n) is 5.54. The van der Waals surface area contributed by atoms with E-state index in [4.69, 9.17) is 4.99 Å². The number of thiazole rings is 1. The van der Waals surface area contributed by atoms with Crippen LogP contribution in [0, 0.1) is 6.92 Å². The van der Waals surface area contributed by atoms with E-state index in [0.717, 1.165) is 30.4 Å². The fraction of sp³-hybridized carbons (Fsp3) is 0.412. The van der Waals surface area contributed by atoms with Gasteiger partial charge in [0, 0.05) is 23.7 Å². The molecule has 1 aromatic carbocycles. The smallest absolute Gasteiger partial charge is 0.198 e. The molecule has 0 atom stereocenters. The summed E-state index contributed by atoms with van der Waals surface area (Å²) in [5, 5.41) is 3.49. The van der Waals surface area contributed by atoms with E-state index in [-0.39, 0.29) is 24.0 Å². The predicted molar refractivity (Wildman–Crippen MR) is 109 cm³/mol. The number of rotatable bonds is 3. The highest BCUT2D eigenvalue weighted by Gasteiger charge is 2.15. The zero-order valence-corrected chi connectivity index (χ0v) is 16.5. The summed E-state index contributed by atoms with van der Waals surface area (Å²) >= 11 is 1.68. The van der Waals surface area contributed by atoms with Crippen LogP contribution in [0.3, 0.4) is 0 Å². The SMILES string of the molecule is Cc1ncsc1CN=C(Nc1ccccc1)N1CCCCC1.I. The Morgan fingerprint density at radius 3 is 2.61 bits per heavy atom. The van der Waals surface area contributed by atoms with Gasteiger partial charge >= 0.3 is 0 Å². The Morgan fingerprint density at radius 1 is 1.22 bits per heavy atom. The third-order valence-corrected chi connectivity index (χ3v) is 4.82. The molecule has 0 bridgehead atoms. The Bertz CT molecular complexity index is 621. The number of piperidine rings is 1. The highest BCUT2D eigenvalue weighted by atomic mass is 127. The van der Waals surface area contributed by atoms with Crippen molar-refractivity contribution in [3.8, 4) is 0 Å². The summed E-state index contributed by atoms with van der Waals surface area (Å²) < 4.78 is 0. The minimum Gasteiger partial charge on any atom is -0.343 e. The Balaban J connectivity index is 0.00000192. The van der Waals surface area contributed by atoms with Crippen molar-refractivity contribution in [2.45, 2.75) is 32.7 Å². The average molecular weight is 442 g/mol. The number of hydrogen-bond donors (Lipinski definition) is 1. The van der Waals surface area contributed by atoms with Crippen molar-refractivity contribution in [3.63, 3.8) is 0 Å². The van der Waals surface area contributed by atoms with Gasteiger partial charge in [-0.2, -0.15) is 0 Å². The maximum atomic E-state index is 4.85. The van der Waals surface area contributed by atoms with Gasteiger partial charge in [0.05, 0.1) is 17.7 Å². The van der Waals surface area contributed by atoms with E-state index < -0.39 is 0 Å². The Labute approximate surface area is 159 Å². The van der Waals surface area contributed by atoms with Crippen molar-refractivity contribution in [1.82, 2.24) is 9.88 Å². The van der Waals surface area contributed by atoms with Crippen LogP contribution in [0.4, 0.5) is 5.69 Å². The van der Waals surface area contributed by atoms with E-state index in [9.17, 15) is 0 Å². The summed E-state index contributed by atoms with van der Waals surface area (Å²) in [6, 6.07) is 10.3. The van der Waals surface area contributed by atoms with Crippen LogP contribution in [0.5, 0.6) is 0 Å². The number of anilines is 1. The zero-order chi connectivity index (χ0) is 15.2. The number of aromatic nitrogens is 1. The lowest BCUT2D eigenvalue weighted by Gasteiger charge is -2.30. The standard InChI is InChI=1S/C17H22N4S.HI/c1-14-16(22-13-19-14)12-18-17(21-10-6-3-7-11-21)20-15-8-4-2-5-9-15;/h2,4-5,8-9,13H,3,6-7,10-12H2,1H3,(H,18,20);1H. The van der Waals surface area contributed by atoms with E-state index in [1.165, 1.54) is 24.1 Å². The van der Waals surface area contributed by atoms with Gasteiger partial charge in [0.2, 0.25) is 0 Å². The number of para-hydroxylation sites is 1. The van der Waals surface area contributed by atoms with Gasteiger partial charge in [-0.05, 0) is 38.3 Å². The molecule has 1 aromatic heterocycles.